The number of carbonyl (C=O) groups excluding carboxylic acids is 2. The van der Waals surface area contributed by atoms with E-state index < -0.39 is 5.91 Å². The average Bonchev–Trinajstić information content (AvgIpc) is 3.23. The molecular weight excluding hydrogens is 343 g/mol. The molecule has 0 saturated carbocycles. The molecule has 0 atom stereocenters. The van der Waals surface area contributed by atoms with E-state index in [0.29, 0.717) is 16.3 Å². The highest BCUT2D eigenvalue weighted by Crippen LogP contribution is 2.14. The number of nitrogens with zero attached hydrogens (tertiary/aromatic N) is 2. The van der Waals surface area contributed by atoms with Crippen molar-refractivity contribution >= 4 is 29.0 Å². The van der Waals surface area contributed by atoms with E-state index in [9.17, 15) is 14.0 Å². The zero-order valence-corrected chi connectivity index (χ0v) is 14.1. The van der Waals surface area contributed by atoms with Gasteiger partial charge in [-0.15, -0.1) is 11.3 Å². The Hall–Kier alpha value is -3.00. The first-order chi connectivity index (χ1) is 12.0. The summed E-state index contributed by atoms with van der Waals surface area (Å²) in [4.78, 5) is 24.8. The van der Waals surface area contributed by atoms with Gasteiger partial charge in [-0.3, -0.25) is 14.3 Å². The Labute approximate surface area is 147 Å². The van der Waals surface area contributed by atoms with Crippen molar-refractivity contribution in [2.75, 3.05) is 5.32 Å². The second kappa shape index (κ2) is 7.27. The lowest BCUT2D eigenvalue weighted by atomic mass is 10.2. The number of anilines is 1. The maximum absolute atomic E-state index is 13.1. The SMILES string of the molecule is Cn1nc(C(=O)NCc2cccc(F)c2)cc1NC(=O)c1cccs1. The highest BCUT2D eigenvalue weighted by molar-refractivity contribution is 7.12. The predicted octanol–water partition coefficient (Wildman–Crippen LogP) is 2.80. The molecule has 0 radical (unpaired) electrons. The van der Waals surface area contributed by atoms with Gasteiger partial charge in [0.25, 0.3) is 11.8 Å². The predicted molar refractivity (Wildman–Crippen MR) is 93.1 cm³/mol. The minimum absolute atomic E-state index is 0.167. The smallest absolute Gasteiger partial charge is 0.272 e. The molecule has 3 aromatic rings. The quantitative estimate of drug-likeness (QED) is 0.736. The molecule has 6 nitrogen and oxygen atoms in total. The van der Waals surface area contributed by atoms with Gasteiger partial charge in [-0.1, -0.05) is 18.2 Å². The summed E-state index contributed by atoms with van der Waals surface area (Å²) in [6.45, 7) is 0.185. The van der Waals surface area contributed by atoms with Crippen molar-refractivity contribution in [2.45, 2.75) is 6.54 Å². The summed E-state index contributed by atoms with van der Waals surface area (Å²) < 4.78 is 14.6. The van der Waals surface area contributed by atoms with Crippen LogP contribution in [0.3, 0.4) is 0 Å². The molecule has 0 bridgehead atoms. The largest absolute Gasteiger partial charge is 0.347 e. The number of hydrogen-bond acceptors (Lipinski definition) is 4. The van der Waals surface area contributed by atoms with Crippen LogP contribution >= 0.6 is 11.3 Å². The molecule has 2 heterocycles. The average molecular weight is 358 g/mol. The van der Waals surface area contributed by atoms with Crippen molar-refractivity contribution in [2.24, 2.45) is 7.05 Å². The fourth-order valence-electron chi connectivity index (χ4n) is 2.20. The first-order valence-corrected chi connectivity index (χ1v) is 8.32. The van der Waals surface area contributed by atoms with Gasteiger partial charge in [0.15, 0.2) is 5.69 Å². The molecule has 0 fully saturated rings. The van der Waals surface area contributed by atoms with E-state index in [-0.39, 0.29) is 24.0 Å². The van der Waals surface area contributed by atoms with E-state index in [1.807, 2.05) is 5.38 Å². The topological polar surface area (TPSA) is 76.0 Å². The number of halogens is 1. The van der Waals surface area contributed by atoms with Crippen LogP contribution in [0.2, 0.25) is 0 Å². The van der Waals surface area contributed by atoms with Crippen molar-refractivity contribution in [1.29, 1.82) is 0 Å². The summed E-state index contributed by atoms with van der Waals surface area (Å²) in [5.41, 5.74) is 0.816. The molecular formula is C17H15FN4O2S. The molecule has 0 aliphatic heterocycles. The first kappa shape index (κ1) is 16.8. The van der Waals surface area contributed by atoms with Gasteiger partial charge in [-0.2, -0.15) is 5.10 Å². The normalized spacial score (nSPS) is 10.5. The minimum atomic E-state index is -0.406. The third-order valence-electron chi connectivity index (χ3n) is 3.44. The Balaban J connectivity index is 1.65. The van der Waals surface area contributed by atoms with Crippen molar-refractivity contribution < 1.29 is 14.0 Å². The molecule has 3 rings (SSSR count). The molecule has 2 aromatic heterocycles. The van der Waals surface area contributed by atoms with Crippen LogP contribution in [-0.2, 0) is 13.6 Å². The fraction of sp³-hybridized carbons (Fsp3) is 0.118. The van der Waals surface area contributed by atoms with Crippen LogP contribution in [0, 0.1) is 5.82 Å². The minimum Gasteiger partial charge on any atom is -0.347 e. The maximum Gasteiger partial charge on any atom is 0.272 e. The molecule has 0 spiro atoms. The molecule has 128 valence electrons. The van der Waals surface area contributed by atoms with Crippen molar-refractivity contribution in [1.82, 2.24) is 15.1 Å². The van der Waals surface area contributed by atoms with Crippen LogP contribution in [0.5, 0.6) is 0 Å². The Morgan fingerprint density at radius 3 is 2.76 bits per heavy atom. The van der Waals surface area contributed by atoms with E-state index in [0.717, 1.165) is 0 Å². The molecule has 25 heavy (non-hydrogen) atoms. The Bertz CT molecular complexity index is 905. The van der Waals surface area contributed by atoms with Gasteiger partial charge < -0.3 is 10.6 Å². The third kappa shape index (κ3) is 4.10. The second-order valence-electron chi connectivity index (χ2n) is 5.28. The zero-order chi connectivity index (χ0) is 17.8. The lowest BCUT2D eigenvalue weighted by Gasteiger charge is -2.03. The summed E-state index contributed by atoms with van der Waals surface area (Å²) in [5, 5.41) is 11.3. The standard InChI is InChI=1S/C17H15FN4O2S/c1-22-15(20-17(24)14-6-3-7-25-14)9-13(21-22)16(23)19-10-11-4-2-5-12(18)8-11/h2-9H,10H2,1H3,(H,19,23)(H,20,24). The lowest BCUT2D eigenvalue weighted by Crippen LogP contribution is -2.23. The van der Waals surface area contributed by atoms with Gasteiger partial charge in [-0.25, -0.2) is 4.39 Å². The van der Waals surface area contributed by atoms with E-state index in [1.54, 1.807) is 31.3 Å². The van der Waals surface area contributed by atoms with E-state index >= 15 is 0 Å². The van der Waals surface area contributed by atoms with E-state index in [4.69, 9.17) is 0 Å². The number of amides is 2. The van der Waals surface area contributed by atoms with Crippen LogP contribution < -0.4 is 10.6 Å². The van der Waals surface area contributed by atoms with Crippen LogP contribution in [0.1, 0.15) is 25.7 Å². The molecule has 0 aliphatic rings. The molecule has 8 heteroatoms. The number of carbonyl (C=O) groups is 2. The molecule has 1 aromatic carbocycles. The van der Waals surface area contributed by atoms with E-state index in [2.05, 4.69) is 15.7 Å². The number of hydrogen-bond donors (Lipinski definition) is 2. The zero-order valence-electron chi connectivity index (χ0n) is 13.3. The Kier molecular flexibility index (Phi) is 4.90. The summed E-state index contributed by atoms with van der Waals surface area (Å²) in [5.74, 6) is -0.612. The van der Waals surface area contributed by atoms with Crippen molar-refractivity contribution in [3.05, 3.63) is 69.8 Å². The van der Waals surface area contributed by atoms with Gasteiger partial charge in [-0.05, 0) is 29.1 Å². The number of thiophene rings is 1. The monoisotopic (exact) mass is 358 g/mol. The van der Waals surface area contributed by atoms with Crippen LogP contribution in [-0.4, -0.2) is 21.6 Å². The summed E-state index contributed by atoms with van der Waals surface area (Å²) >= 11 is 1.32. The molecule has 0 unspecified atom stereocenters. The number of aromatic nitrogens is 2. The molecule has 0 aliphatic carbocycles. The van der Waals surface area contributed by atoms with E-state index in [1.165, 1.54) is 34.2 Å². The molecule has 2 N–H and O–H groups in total. The number of aryl methyl sites for hydroxylation is 1. The lowest BCUT2D eigenvalue weighted by molar-refractivity contribution is 0.0944. The number of nitrogens with one attached hydrogen (secondary N) is 2. The van der Waals surface area contributed by atoms with Gasteiger partial charge in [0, 0.05) is 19.7 Å². The Morgan fingerprint density at radius 2 is 2.04 bits per heavy atom. The van der Waals surface area contributed by atoms with Crippen molar-refractivity contribution in [3.8, 4) is 0 Å². The number of benzene rings is 1. The van der Waals surface area contributed by atoms with Gasteiger partial charge >= 0.3 is 0 Å². The third-order valence-corrected chi connectivity index (χ3v) is 4.31. The number of rotatable bonds is 5. The second-order valence-corrected chi connectivity index (χ2v) is 6.23. The van der Waals surface area contributed by atoms with Crippen LogP contribution in [0.25, 0.3) is 0 Å². The van der Waals surface area contributed by atoms with Crippen LogP contribution in [0.4, 0.5) is 10.2 Å². The van der Waals surface area contributed by atoms with Gasteiger partial charge in [0.1, 0.15) is 11.6 Å². The molecule has 2 amide bonds. The molecule has 0 saturated heterocycles. The first-order valence-electron chi connectivity index (χ1n) is 7.44. The van der Waals surface area contributed by atoms with Gasteiger partial charge in [0.2, 0.25) is 0 Å². The maximum atomic E-state index is 13.1. The van der Waals surface area contributed by atoms with Gasteiger partial charge in [0.05, 0.1) is 4.88 Å². The highest BCUT2D eigenvalue weighted by Gasteiger charge is 2.15. The van der Waals surface area contributed by atoms with Crippen LogP contribution in [0.15, 0.2) is 47.8 Å². The van der Waals surface area contributed by atoms with Crippen molar-refractivity contribution in [3.63, 3.8) is 0 Å². The fourth-order valence-corrected chi connectivity index (χ4v) is 2.82. The summed E-state index contributed by atoms with van der Waals surface area (Å²) in [6, 6.07) is 11.0. The summed E-state index contributed by atoms with van der Waals surface area (Å²) in [7, 11) is 1.63. The summed E-state index contributed by atoms with van der Waals surface area (Å²) in [6.07, 6.45) is 0. The Morgan fingerprint density at radius 1 is 1.20 bits per heavy atom. The highest BCUT2D eigenvalue weighted by atomic mass is 32.1.